The first-order valence-electron chi connectivity index (χ1n) is 9.82. The van der Waals surface area contributed by atoms with Crippen molar-refractivity contribution in [2.75, 3.05) is 23.7 Å². The summed E-state index contributed by atoms with van der Waals surface area (Å²) in [6.07, 6.45) is 0. The number of rotatable bonds is 6. The van der Waals surface area contributed by atoms with E-state index in [9.17, 15) is 0 Å². The number of H-pyrrole nitrogens is 1. The van der Waals surface area contributed by atoms with Gasteiger partial charge in [-0.2, -0.15) is 0 Å². The molecule has 3 aromatic carbocycles. The number of imidazole rings is 1. The second kappa shape index (κ2) is 8.41. The van der Waals surface area contributed by atoms with Crippen molar-refractivity contribution in [2.45, 2.75) is 0 Å². The van der Waals surface area contributed by atoms with Crippen LogP contribution in [0.5, 0.6) is 0 Å². The minimum absolute atomic E-state index is 0.514. The summed E-state index contributed by atoms with van der Waals surface area (Å²) in [5.41, 5.74) is 3.51. The molecule has 2 aromatic heterocycles. The van der Waals surface area contributed by atoms with Crippen molar-refractivity contribution in [1.82, 2.24) is 19.9 Å². The summed E-state index contributed by atoms with van der Waals surface area (Å²) >= 11 is 12.4. The van der Waals surface area contributed by atoms with Crippen LogP contribution in [-0.2, 0) is 0 Å². The van der Waals surface area contributed by atoms with E-state index in [2.05, 4.69) is 25.6 Å². The number of halogens is 2. The van der Waals surface area contributed by atoms with Gasteiger partial charge in [0, 0.05) is 29.1 Å². The van der Waals surface area contributed by atoms with E-state index >= 15 is 0 Å². The van der Waals surface area contributed by atoms with Gasteiger partial charge in [0.25, 0.3) is 0 Å². The van der Waals surface area contributed by atoms with Crippen molar-refractivity contribution in [1.29, 1.82) is 0 Å². The first-order valence-corrected chi connectivity index (χ1v) is 10.6. The Morgan fingerprint density at radius 3 is 2.39 bits per heavy atom. The first kappa shape index (κ1) is 19.6. The van der Waals surface area contributed by atoms with E-state index in [1.807, 2.05) is 54.6 Å². The molecule has 2 heterocycles. The van der Waals surface area contributed by atoms with E-state index in [1.165, 1.54) is 0 Å². The van der Waals surface area contributed by atoms with E-state index in [0.717, 1.165) is 39.3 Å². The molecule has 0 bridgehead atoms. The summed E-state index contributed by atoms with van der Waals surface area (Å²) in [5.74, 6) is 2.04. The van der Waals surface area contributed by atoms with Crippen molar-refractivity contribution >= 4 is 56.9 Å². The third-order valence-electron chi connectivity index (χ3n) is 4.87. The smallest absolute Gasteiger partial charge is 0.201 e. The third kappa shape index (κ3) is 4.13. The van der Waals surface area contributed by atoms with Crippen molar-refractivity contribution in [2.24, 2.45) is 0 Å². The number of hydrogen-bond donors (Lipinski definition) is 3. The van der Waals surface area contributed by atoms with E-state index in [-0.39, 0.29) is 0 Å². The molecule has 3 N–H and O–H groups in total. The topological polar surface area (TPSA) is 78.5 Å². The number of nitrogens with one attached hydrogen (secondary N) is 3. The fourth-order valence-corrected chi connectivity index (χ4v) is 3.89. The van der Waals surface area contributed by atoms with Gasteiger partial charge in [0.2, 0.25) is 5.95 Å². The van der Waals surface area contributed by atoms with Crippen molar-refractivity contribution in [3.05, 3.63) is 76.8 Å². The highest BCUT2D eigenvalue weighted by Gasteiger charge is 2.12. The minimum atomic E-state index is 0.514. The molecule has 0 aliphatic rings. The van der Waals surface area contributed by atoms with Gasteiger partial charge in [-0.1, -0.05) is 47.5 Å². The predicted molar refractivity (Wildman–Crippen MR) is 128 cm³/mol. The van der Waals surface area contributed by atoms with Gasteiger partial charge < -0.3 is 15.6 Å². The maximum absolute atomic E-state index is 6.39. The maximum Gasteiger partial charge on any atom is 0.201 e. The zero-order valence-corrected chi connectivity index (χ0v) is 17.9. The fourth-order valence-electron chi connectivity index (χ4n) is 3.40. The van der Waals surface area contributed by atoms with Gasteiger partial charge in [-0.3, -0.25) is 0 Å². The molecule has 0 spiro atoms. The number of fused-ring (bicyclic) bond motifs is 2. The van der Waals surface area contributed by atoms with Crippen molar-refractivity contribution in [3.8, 4) is 11.4 Å². The van der Waals surface area contributed by atoms with Crippen LogP contribution in [-0.4, -0.2) is 33.0 Å². The summed E-state index contributed by atoms with van der Waals surface area (Å²) in [5, 5.41) is 8.75. The van der Waals surface area contributed by atoms with E-state index < -0.39 is 0 Å². The van der Waals surface area contributed by atoms with Crippen LogP contribution in [0, 0.1) is 0 Å². The van der Waals surface area contributed by atoms with Gasteiger partial charge in [0.1, 0.15) is 5.82 Å². The van der Waals surface area contributed by atoms with E-state index in [4.69, 9.17) is 28.2 Å². The van der Waals surface area contributed by atoms with Crippen LogP contribution in [0.15, 0.2) is 66.7 Å². The van der Waals surface area contributed by atoms with Crippen molar-refractivity contribution in [3.63, 3.8) is 0 Å². The van der Waals surface area contributed by atoms with Crippen LogP contribution in [0.25, 0.3) is 33.3 Å². The largest absolute Gasteiger partial charge is 0.368 e. The second-order valence-electron chi connectivity index (χ2n) is 6.99. The summed E-state index contributed by atoms with van der Waals surface area (Å²) in [6.45, 7) is 1.31. The van der Waals surface area contributed by atoms with Gasteiger partial charge in [0.05, 0.1) is 21.6 Å². The quantitative estimate of drug-likeness (QED) is 0.277. The van der Waals surface area contributed by atoms with Gasteiger partial charge in [-0.15, -0.1) is 0 Å². The minimum Gasteiger partial charge on any atom is -0.368 e. The number of aromatic amines is 1. The number of hydrogen-bond acceptors (Lipinski definition) is 5. The Kier molecular flexibility index (Phi) is 5.32. The number of para-hydroxylation sites is 3. The number of benzene rings is 3. The number of nitrogens with zero attached hydrogens (tertiary/aromatic N) is 3. The van der Waals surface area contributed by atoms with Crippen LogP contribution in [0.4, 0.5) is 11.8 Å². The zero-order chi connectivity index (χ0) is 21.2. The van der Waals surface area contributed by atoms with E-state index in [0.29, 0.717) is 29.0 Å². The fraction of sp³-hybridized carbons (Fsp3) is 0.0870. The Labute approximate surface area is 188 Å². The average molecular weight is 449 g/mol. The van der Waals surface area contributed by atoms with Crippen LogP contribution in [0.2, 0.25) is 10.0 Å². The SMILES string of the molecule is Clc1ccc(-c2nc(NCCNc3nc4ccccc4[nH]3)c3ccccc3n2)c(Cl)c1. The Morgan fingerprint density at radius 2 is 1.55 bits per heavy atom. The third-order valence-corrected chi connectivity index (χ3v) is 5.42. The molecule has 5 rings (SSSR count). The highest BCUT2D eigenvalue weighted by Crippen LogP contribution is 2.31. The lowest BCUT2D eigenvalue weighted by molar-refractivity contribution is 1.04. The molecule has 31 heavy (non-hydrogen) atoms. The molecule has 8 heteroatoms. The lowest BCUT2D eigenvalue weighted by Crippen LogP contribution is -2.15. The van der Waals surface area contributed by atoms with Gasteiger partial charge >= 0.3 is 0 Å². The zero-order valence-electron chi connectivity index (χ0n) is 16.4. The van der Waals surface area contributed by atoms with Crippen LogP contribution in [0.1, 0.15) is 0 Å². The van der Waals surface area contributed by atoms with Gasteiger partial charge in [0.15, 0.2) is 5.82 Å². The lowest BCUT2D eigenvalue weighted by atomic mass is 10.2. The van der Waals surface area contributed by atoms with E-state index in [1.54, 1.807) is 12.1 Å². The van der Waals surface area contributed by atoms with Crippen LogP contribution in [0.3, 0.4) is 0 Å². The highest BCUT2D eigenvalue weighted by atomic mass is 35.5. The Hall–Kier alpha value is -3.35. The molecule has 0 fully saturated rings. The van der Waals surface area contributed by atoms with Gasteiger partial charge in [-0.25, -0.2) is 15.0 Å². The van der Waals surface area contributed by atoms with Crippen molar-refractivity contribution < 1.29 is 0 Å². The molecule has 0 atom stereocenters. The lowest BCUT2D eigenvalue weighted by Gasteiger charge is -2.12. The molecule has 0 saturated carbocycles. The molecule has 0 aliphatic heterocycles. The molecule has 0 amide bonds. The average Bonchev–Trinajstić information content (AvgIpc) is 3.19. The maximum atomic E-state index is 6.39. The monoisotopic (exact) mass is 448 g/mol. The molecule has 0 unspecified atom stereocenters. The molecular weight excluding hydrogens is 431 g/mol. The molecular formula is C23H18Cl2N6. The Balaban J connectivity index is 1.37. The first-order chi connectivity index (χ1) is 15.2. The molecule has 0 radical (unpaired) electrons. The Morgan fingerprint density at radius 1 is 0.774 bits per heavy atom. The van der Waals surface area contributed by atoms with Crippen LogP contribution < -0.4 is 10.6 Å². The van der Waals surface area contributed by atoms with Gasteiger partial charge in [-0.05, 0) is 42.5 Å². The summed E-state index contributed by atoms with van der Waals surface area (Å²) in [7, 11) is 0. The molecule has 0 aliphatic carbocycles. The number of aromatic nitrogens is 4. The standard InChI is InChI=1S/C23H18Cl2N6/c24-14-9-10-15(17(25)13-14)22-28-18-6-2-1-5-16(18)21(31-22)26-11-12-27-23-29-19-7-3-4-8-20(19)30-23/h1-10,13H,11-12H2,(H,26,28,31)(H2,27,29,30). The Bertz CT molecular complexity index is 1350. The highest BCUT2D eigenvalue weighted by molar-refractivity contribution is 6.36. The molecule has 5 aromatic rings. The molecule has 154 valence electrons. The normalized spacial score (nSPS) is 11.2. The summed E-state index contributed by atoms with van der Waals surface area (Å²) < 4.78 is 0. The van der Waals surface area contributed by atoms with Crippen LogP contribution >= 0.6 is 23.2 Å². The molecule has 6 nitrogen and oxygen atoms in total. The second-order valence-corrected chi connectivity index (χ2v) is 7.84. The summed E-state index contributed by atoms with van der Waals surface area (Å²) in [6, 6.07) is 21.1. The summed E-state index contributed by atoms with van der Waals surface area (Å²) in [4.78, 5) is 17.2. The molecule has 0 saturated heterocycles. The number of anilines is 2. The predicted octanol–water partition coefficient (Wildman–Crippen LogP) is 6.00.